The molecule has 0 bridgehead atoms. The van der Waals surface area contributed by atoms with Crippen molar-refractivity contribution in [3.05, 3.63) is 48.0 Å². The molecule has 72 valence electrons. The molecule has 2 N–H and O–H groups in total. The van der Waals surface area contributed by atoms with Gasteiger partial charge in [0.05, 0.1) is 12.0 Å². The average Bonchev–Trinajstić information content (AvgIpc) is 2.67. The van der Waals surface area contributed by atoms with Crippen molar-refractivity contribution in [3.63, 3.8) is 0 Å². The second-order valence-electron chi connectivity index (χ2n) is 3.31. The minimum Gasteiger partial charge on any atom is -0.325 e. The van der Waals surface area contributed by atoms with E-state index in [9.17, 15) is 0 Å². The van der Waals surface area contributed by atoms with Crippen LogP contribution in [-0.4, -0.2) is 9.55 Å². The first kappa shape index (κ1) is 8.97. The zero-order chi connectivity index (χ0) is 9.97. The van der Waals surface area contributed by atoms with Crippen molar-refractivity contribution in [2.75, 3.05) is 0 Å². The van der Waals surface area contributed by atoms with E-state index in [-0.39, 0.29) is 0 Å². The fourth-order valence-electron chi connectivity index (χ4n) is 1.33. The third kappa shape index (κ3) is 1.67. The van der Waals surface area contributed by atoms with Gasteiger partial charge >= 0.3 is 0 Å². The molecule has 0 aliphatic rings. The Hall–Kier alpha value is -1.61. The molecule has 14 heavy (non-hydrogen) atoms. The van der Waals surface area contributed by atoms with Crippen LogP contribution in [0.15, 0.2) is 36.8 Å². The molecule has 0 aliphatic carbocycles. The smallest absolute Gasteiger partial charge is 0.0995 e. The summed E-state index contributed by atoms with van der Waals surface area (Å²) in [6, 6.07) is 8.30. The van der Waals surface area contributed by atoms with E-state index in [1.807, 2.05) is 10.8 Å². The van der Waals surface area contributed by atoms with Crippen LogP contribution in [-0.2, 0) is 6.54 Å². The Morgan fingerprint density at radius 3 is 2.57 bits per heavy atom. The lowest BCUT2D eigenvalue weighted by Gasteiger charge is -2.01. The lowest BCUT2D eigenvalue weighted by Crippen LogP contribution is -1.95. The number of aromatic nitrogens is 2. The average molecular weight is 187 g/mol. The summed E-state index contributed by atoms with van der Waals surface area (Å²) >= 11 is 0. The van der Waals surface area contributed by atoms with Gasteiger partial charge in [-0.2, -0.15) is 0 Å². The van der Waals surface area contributed by atoms with E-state index in [0.717, 1.165) is 11.4 Å². The summed E-state index contributed by atoms with van der Waals surface area (Å²) in [4.78, 5) is 4.17. The molecule has 0 atom stereocenters. The summed E-state index contributed by atoms with van der Waals surface area (Å²) in [6.07, 6.45) is 3.73. The van der Waals surface area contributed by atoms with Crippen molar-refractivity contribution in [1.29, 1.82) is 0 Å². The van der Waals surface area contributed by atoms with Crippen LogP contribution in [0.25, 0.3) is 5.69 Å². The van der Waals surface area contributed by atoms with Crippen molar-refractivity contribution in [2.45, 2.75) is 13.5 Å². The molecule has 0 unspecified atom stereocenters. The van der Waals surface area contributed by atoms with Crippen molar-refractivity contribution in [1.82, 2.24) is 9.55 Å². The Bertz CT molecular complexity index is 414. The molecule has 1 aromatic carbocycles. The number of nitrogens with zero attached hydrogens (tertiary/aromatic N) is 2. The van der Waals surface area contributed by atoms with E-state index in [1.165, 1.54) is 5.56 Å². The predicted octanol–water partition coefficient (Wildman–Crippen LogP) is 1.64. The minimum absolute atomic E-state index is 0.485. The number of rotatable bonds is 2. The van der Waals surface area contributed by atoms with Crippen molar-refractivity contribution >= 4 is 0 Å². The van der Waals surface area contributed by atoms with Crippen LogP contribution < -0.4 is 5.73 Å². The fourth-order valence-corrected chi connectivity index (χ4v) is 1.33. The van der Waals surface area contributed by atoms with Crippen LogP contribution in [0.5, 0.6) is 0 Å². The minimum atomic E-state index is 0.485. The molecule has 3 nitrogen and oxygen atoms in total. The fraction of sp³-hybridized carbons (Fsp3) is 0.182. The monoisotopic (exact) mass is 187 g/mol. The molecule has 0 saturated carbocycles. The topological polar surface area (TPSA) is 43.8 Å². The maximum absolute atomic E-state index is 5.49. The highest BCUT2D eigenvalue weighted by Gasteiger charge is 1.98. The summed E-state index contributed by atoms with van der Waals surface area (Å²) in [7, 11) is 0. The third-order valence-electron chi connectivity index (χ3n) is 2.18. The molecule has 0 amide bonds. The van der Waals surface area contributed by atoms with Gasteiger partial charge in [-0.3, -0.25) is 0 Å². The molecule has 1 aromatic heterocycles. The maximum atomic E-state index is 5.49. The van der Waals surface area contributed by atoms with Crippen LogP contribution in [0.2, 0.25) is 0 Å². The molecule has 0 fully saturated rings. The van der Waals surface area contributed by atoms with E-state index in [2.05, 4.69) is 36.2 Å². The van der Waals surface area contributed by atoms with E-state index in [0.29, 0.717) is 6.54 Å². The van der Waals surface area contributed by atoms with Gasteiger partial charge in [0, 0.05) is 18.4 Å². The number of aryl methyl sites for hydroxylation is 1. The van der Waals surface area contributed by atoms with Gasteiger partial charge in [0.2, 0.25) is 0 Å². The Morgan fingerprint density at radius 1 is 1.29 bits per heavy atom. The zero-order valence-electron chi connectivity index (χ0n) is 8.14. The van der Waals surface area contributed by atoms with Crippen molar-refractivity contribution in [2.24, 2.45) is 5.73 Å². The SMILES string of the molecule is Cc1ccc(-n2cnc(CN)c2)cc1. The molecule has 2 rings (SSSR count). The lowest BCUT2D eigenvalue weighted by atomic mass is 10.2. The lowest BCUT2D eigenvalue weighted by molar-refractivity contribution is 1.01. The normalized spacial score (nSPS) is 10.4. The molecule has 0 aliphatic heterocycles. The summed E-state index contributed by atoms with van der Waals surface area (Å²) in [6.45, 7) is 2.56. The van der Waals surface area contributed by atoms with Crippen LogP contribution in [0.1, 0.15) is 11.3 Å². The highest BCUT2D eigenvalue weighted by atomic mass is 15.0. The van der Waals surface area contributed by atoms with E-state index in [4.69, 9.17) is 5.73 Å². The largest absolute Gasteiger partial charge is 0.325 e. The Balaban J connectivity index is 2.34. The zero-order valence-corrected chi connectivity index (χ0v) is 8.14. The van der Waals surface area contributed by atoms with Gasteiger partial charge in [-0.25, -0.2) is 4.98 Å². The van der Waals surface area contributed by atoms with Gasteiger partial charge in [-0.1, -0.05) is 17.7 Å². The van der Waals surface area contributed by atoms with Crippen LogP contribution in [0.3, 0.4) is 0 Å². The highest BCUT2D eigenvalue weighted by Crippen LogP contribution is 2.09. The Labute approximate surface area is 83.2 Å². The molecule has 0 spiro atoms. The van der Waals surface area contributed by atoms with E-state index < -0.39 is 0 Å². The molecular formula is C11H13N3. The predicted molar refractivity (Wildman–Crippen MR) is 56.2 cm³/mol. The van der Waals surface area contributed by atoms with Gasteiger partial charge < -0.3 is 10.3 Å². The summed E-state index contributed by atoms with van der Waals surface area (Å²) in [5.41, 5.74) is 8.77. The third-order valence-corrected chi connectivity index (χ3v) is 2.18. The van der Waals surface area contributed by atoms with Crippen molar-refractivity contribution in [3.8, 4) is 5.69 Å². The standard InChI is InChI=1S/C11H13N3/c1-9-2-4-11(5-3-9)14-7-10(6-12)13-8-14/h2-5,7-8H,6,12H2,1H3. The van der Waals surface area contributed by atoms with Gasteiger partial charge in [0.1, 0.15) is 0 Å². The number of hydrogen-bond donors (Lipinski definition) is 1. The van der Waals surface area contributed by atoms with Gasteiger partial charge in [-0.15, -0.1) is 0 Å². The van der Waals surface area contributed by atoms with Crippen LogP contribution in [0.4, 0.5) is 0 Å². The number of hydrogen-bond acceptors (Lipinski definition) is 2. The molecule has 0 radical (unpaired) electrons. The van der Waals surface area contributed by atoms with Crippen LogP contribution >= 0.6 is 0 Å². The van der Waals surface area contributed by atoms with E-state index >= 15 is 0 Å². The molecular weight excluding hydrogens is 174 g/mol. The molecule has 1 heterocycles. The van der Waals surface area contributed by atoms with Gasteiger partial charge in [-0.05, 0) is 19.1 Å². The van der Waals surface area contributed by atoms with Crippen LogP contribution in [0, 0.1) is 6.92 Å². The summed E-state index contributed by atoms with van der Waals surface area (Å²) < 4.78 is 1.97. The number of benzene rings is 1. The molecule has 3 heteroatoms. The maximum Gasteiger partial charge on any atom is 0.0995 e. The quantitative estimate of drug-likeness (QED) is 0.776. The first-order chi connectivity index (χ1) is 6.79. The second kappa shape index (κ2) is 3.64. The highest BCUT2D eigenvalue weighted by molar-refractivity contribution is 5.34. The summed E-state index contributed by atoms with van der Waals surface area (Å²) in [5, 5.41) is 0. The first-order valence-corrected chi connectivity index (χ1v) is 4.59. The number of imidazole rings is 1. The summed E-state index contributed by atoms with van der Waals surface area (Å²) in [5.74, 6) is 0. The Kier molecular flexibility index (Phi) is 2.33. The van der Waals surface area contributed by atoms with Gasteiger partial charge in [0.25, 0.3) is 0 Å². The first-order valence-electron chi connectivity index (χ1n) is 4.59. The molecule has 0 saturated heterocycles. The van der Waals surface area contributed by atoms with E-state index in [1.54, 1.807) is 6.33 Å². The number of nitrogens with two attached hydrogens (primary N) is 1. The Morgan fingerprint density at radius 2 is 2.00 bits per heavy atom. The molecule has 2 aromatic rings. The van der Waals surface area contributed by atoms with Crippen molar-refractivity contribution < 1.29 is 0 Å². The van der Waals surface area contributed by atoms with Gasteiger partial charge in [0.15, 0.2) is 0 Å². The second-order valence-corrected chi connectivity index (χ2v) is 3.31.